The molecule has 2 N–H and O–H groups in total. The minimum Gasteiger partial charge on any atom is -0.477 e. The zero-order valence-corrected chi connectivity index (χ0v) is 11.8. The van der Waals surface area contributed by atoms with Crippen LogP contribution in [0.25, 0.3) is 0 Å². The minimum atomic E-state index is -4.41. The summed E-state index contributed by atoms with van der Waals surface area (Å²) >= 11 is 0. The Morgan fingerprint density at radius 3 is 1.76 bits per heavy atom. The molecule has 0 aromatic heterocycles. The summed E-state index contributed by atoms with van der Waals surface area (Å²) < 4.78 is 32.0. The Morgan fingerprint density at radius 2 is 1.71 bits per heavy atom. The second-order valence-electron chi connectivity index (χ2n) is 5.01. The average molecular weight is 268 g/mol. The summed E-state index contributed by atoms with van der Waals surface area (Å²) in [6.45, 7) is 3.17. The number of carboxylic acids is 1. The Hall–Kier alpha value is -0.660. The quantitative estimate of drug-likeness (QED) is 0.543. The van der Waals surface area contributed by atoms with E-state index in [0.717, 1.165) is 0 Å². The molecule has 0 amide bonds. The number of hydrogen-bond donors (Lipinski definition) is 2. The third-order valence-corrected chi connectivity index (χ3v) is 4.81. The molecular formula is C10H22NO5S+. The number of carboxylic acid groups (broad SMARTS) is 1. The average Bonchev–Trinajstić information content (AvgIpc) is 2.08. The summed E-state index contributed by atoms with van der Waals surface area (Å²) in [4.78, 5) is 11.6. The van der Waals surface area contributed by atoms with Crippen LogP contribution in [-0.4, -0.2) is 60.5 Å². The van der Waals surface area contributed by atoms with Gasteiger partial charge < -0.3 is 9.59 Å². The smallest absolute Gasteiger partial charge is 0.367 e. The fourth-order valence-electron chi connectivity index (χ4n) is 2.50. The maximum absolute atomic E-state index is 11.6. The molecule has 17 heavy (non-hydrogen) atoms. The lowest BCUT2D eigenvalue weighted by Crippen LogP contribution is -2.69. The van der Waals surface area contributed by atoms with Crippen LogP contribution in [0.4, 0.5) is 0 Å². The molecule has 2 atom stereocenters. The normalized spacial score (nSPS) is 18.5. The summed E-state index contributed by atoms with van der Waals surface area (Å²) in [7, 11) is 0.440. The summed E-state index contributed by atoms with van der Waals surface area (Å²) in [6.07, 6.45) is 0.165. The van der Waals surface area contributed by atoms with Crippen LogP contribution in [0.3, 0.4) is 0 Å². The first-order chi connectivity index (χ1) is 7.45. The van der Waals surface area contributed by atoms with Crippen molar-refractivity contribution in [3.63, 3.8) is 0 Å². The number of likely N-dealkylation sites (N-methyl/N-ethyl adjacent to an activating group) is 1. The Labute approximate surface area is 103 Å². The fourth-order valence-corrected chi connectivity index (χ4v) is 4.00. The number of carbonyl (C=O) groups is 1. The zero-order valence-electron chi connectivity index (χ0n) is 11.0. The largest absolute Gasteiger partial charge is 0.477 e. The molecule has 7 heteroatoms. The van der Waals surface area contributed by atoms with E-state index in [9.17, 15) is 22.9 Å². The standard InChI is InChI=1S/C10H21NO5S/c1-6-8(17(14,15)16)10(7-2,9(12)13)11(3,4)5/h8H,6-7H2,1-5H3,(H-,12,13,14,15,16)/p+1. The number of hydrogen-bond acceptors (Lipinski definition) is 3. The highest BCUT2D eigenvalue weighted by molar-refractivity contribution is 7.86. The Morgan fingerprint density at radius 1 is 1.29 bits per heavy atom. The van der Waals surface area contributed by atoms with Crippen molar-refractivity contribution in [2.75, 3.05) is 21.1 Å². The lowest BCUT2D eigenvalue weighted by molar-refractivity contribution is -0.914. The molecule has 0 saturated heterocycles. The van der Waals surface area contributed by atoms with Crippen molar-refractivity contribution in [3.8, 4) is 0 Å². The highest BCUT2D eigenvalue weighted by Crippen LogP contribution is 2.33. The van der Waals surface area contributed by atoms with Crippen LogP contribution < -0.4 is 0 Å². The van der Waals surface area contributed by atoms with E-state index in [2.05, 4.69) is 0 Å². The van der Waals surface area contributed by atoms with Crippen molar-refractivity contribution in [1.82, 2.24) is 0 Å². The van der Waals surface area contributed by atoms with Crippen molar-refractivity contribution >= 4 is 16.1 Å². The number of rotatable bonds is 6. The second kappa shape index (κ2) is 4.91. The third-order valence-electron chi connectivity index (χ3n) is 3.37. The molecule has 0 rings (SSSR count). The van der Waals surface area contributed by atoms with Crippen LogP contribution in [-0.2, 0) is 14.9 Å². The van der Waals surface area contributed by atoms with E-state index in [4.69, 9.17) is 0 Å². The fraction of sp³-hybridized carbons (Fsp3) is 0.900. The topological polar surface area (TPSA) is 91.7 Å². The molecule has 0 saturated carbocycles. The monoisotopic (exact) mass is 268 g/mol. The first-order valence-corrected chi connectivity index (χ1v) is 6.96. The third kappa shape index (κ3) is 2.78. The predicted octanol–water partition coefficient (Wildman–Crippen LogP) is 0.592. The maximum atomic E-state index is 11.6. The SMILES string of the molecule is CCC(C(CC)(C(=O)O)[N+](C)(C)C)S(=O)(=O)O. The minimum absolute atomic E-state index is 0.0501. The van der Waals surface area contributed by atoms with Crippen LogP contribution in [0, 0.1) is 0 Å². The highest BCUT2D eigenvalue weighted by atomic mass is 32.2. The van der Waals surface area contributed by atoms with Gasteiger partial charge >= 0.3 is 5.97 Å². The van der Waals surface area contributed by atoms with E-state index in [1.807, 2.05) is 0 Å². The Balaban J connectivity index is 6.03. The van der Waals surface area contributed by atoms with Crippen LogP contribution >= 0.6 is 0 Å². The van der Waals surface area contributed by atoms with Crippen LogP contribution in [0.2, 0.25) is 0 Å². The van der Waals surface area contributed by atoms with Crippen LogP contribution in [0.1, 0.15) is 26.7 Å². The molecule has 0 aliphatic carbocycles. The molecule has 0 aliphatic heterocycles. The predicted molar refractivity (Wildman–Crippen MR) is 64.3 cm³/mol. The van der Waals surface area contributed by atoms with Gasteiger partial charge in [-0.3, -0.25) is 4.55 Å². The second-order valence-corrected chi connectivity index (χ2v) is 6.61. The van der Waals surface area contributed by atoms with Crippen molar-refractivity contribution < 1.29 is 27.4 Å². The van der Waals surface area contributed by atoms with Crippen molar-refractivity contribution in [2.45, 2.75) is 37.5 Å². The molecule has 0 radical (unpaired) electrons. The van der Waals surface area contributed by atoms with Gasteiger partial charge in [0.15, 0.2) is 5.25 Å². The van der Waals surface area contributed by atoms with Gasteiger partial charge in [-0.05, 0) is 6.42 Å². The van der Waals surface area contributed by atoms with Gasteiger partial charge in [0, 0.05) is 6.42 Å². The summed E-state index contributed by atoms with van der Waals surface area (Å²) in [5.41, 5.74) is -1.55. The van der Waals surface area contributed by atoms with Gasteiger partial charge in [0.25, 0.3) is 10.1 Å². The van der Waals surface area contributed by atoms with E-state index in [-0.39, 0.29) is 17.3 Å². The van der Waals surface area contributed by atoms with E-state index in [1.165, 1.54) is 0 Å². The number of quaternary nitrogens is 1. The number of aliphatic carboxylic acids is 1. The molecule has 6 nitrogen and oxygen atoms in total. The molecule has 0 fully saturated rings. The molecule has 0 aliphatic rings. The van der Waals surface area contributed by atoms with E-state index >= 15 is 0 Å². The van der Waals surface area contributed by atoms with E-state index < -0.39 is 26.9 Å². The number of nitrogens with zero attached hydrogens (tertiary/aromatic N) is 1. The van der Waals surface area contributed by atoms with Gasteiger partial charge in [-0.1, -0.05) is 13.8 Å². The van der Waals surface area contributed by atoms with Crippen molar-refractivity contribution in [1.29, 1.82) is 0 Å². The molecule has 2 unspecified atom stereocenters. The Bertz CT molecular complexity index is 384. The van der Waals surface area contributed by atoms with Gasteiger partial charge in [0.1, 0.15) is 0 Å². The van der Waals surface area contributed by atoms with Crippen LogP contribution in [0.5, 0.6) is 0 Å². The molecule has 0 bridgehead atoms. The van der Waals surface area contributed by atoms with Gasteiger partial charge in [-0.15, -0.1) is 0 Å². The summed E-state index contributed by atoms with van der Waals surface area (Å²) in [6, 6.07) is 0. The first kappa shape index (κ1) is 16.3. The maximum Gasteiger partial charge on any atom is 0.367 e. The lowest BCUT2D eigenvalue weighted by atomic mass is 9.86. The zero-order chi connectivity index (χ0) is 14.1. The van der Waals surface area contributed by atoms with Crippen molar-refractivity contribution in [2.24, 2.45) is 0 Å². The molecule has 0 aromatic carbocycles. The summed E-state index contributed by atoms with van der Waals surface area (Å²) in [5.74, 6) is -1.21. The summed E-state index contributed by atoms with van der Waals surface area (Å²) in [5, 5.41) is 8.11. The molecule has 0 aromatic rings. The molecular weight excluding hydrogens is 246 g/mol. The molecule has 0 heterocycles. The van der Waals surface area contributed by atoms with Gasteiger partial charge in [-0.2, -0.15) is 8.42 Å². The van der Waals surface area contributed by atoms with Crippen molar-refractivity contribution in [3.05, 3.63) is 0 Å². The van der Waals surface area contributed by atoms with Crippen LogP contribution in [0.15, 0.2) is 0 Å². The first-order valence-electron chi connectivity index (χ1n) is 5.46. The highest BCUT2D eigenvalue weighted by Gasteiger charge is 2.59. The molecule has 0 spiro atoms. The van der Waals surface area contributed by atoms with E-state index in [1.54, 1.807) is 35.0 Å². The van der Waals surface area contributed by atoms with Gasteiger partial charge in [0.05, 0.1) is 21.1 Å². The lowest BCUT2D eigenvalue weighted by Gasteiger charge is -2.45. The van der Waals surface area contributed by atoms with Gasteiger partial charge in [0.2, 0.25) is 5.54 Å². The van der Waals surface area contributed by atoms with Gasteiger partial charge in [-0.25, -0.2) is 4.79 Å². The Kier molecular flexibility index (Phi) is 4.72. The van der Waals surface area contributed by atoms with E-state index in [0.29, 0.717) is 0 Å². The molecule has 102 valence electrons.